The minimum atomic E-state index is -0.545. The van der Waals surface area contributed by atoms with Gasteiger partial charge in [0.2, 0.25) is 0 Å². The third kappa shape index (κ3) is 3.52. The van der Waals surface area contributed by atoms with E-state index in [1.54, 1.807) is 6.33 Å². The molecule has 2 aromatic heterocycles. The molecule has 3 rings (SSSR count). The number of imidazole rings is 1. The largest absolute Gasteiger partial charge is 0.382 e. The van der Waals surface area contributed by atoms with E-state index in [4.69, 9.17) is 15.2 Å². The highest BCUT2D eigenvalue weighted by Crippen LogP contribution is 2.34. The Morgan fingerprint density at radius 3 is 2.83 bits per heavy atom. The third-order valence-electron chi connectivity index (χ3n) is 4.56. The van der Waals surface area contributed by atoms with Crippen molar-refractivity contribution in [2.45, 2.75) is 70.8 Å². The average Bonchev–Trinajstić information content (AvgIpc) is 3.12. The first-order valence-electron chi connectivity index (χ1n) is 8.76. The SMILES string of the molecule is CCCCCC[C@H]([C@@H]1COC(C)(C)O1)n1cnc2c(N)ncnc21. The molecule has 0 aliphatic carbocycles. The van der Waals surface area contributed by atoms with Gasteiger partial charge in [-0.05, 0) is 20.3 Å². The van der Waals surface area contributed by atoms with Gasteiger partial charge >= 0.3 is 0 Å². The van der Waals surface area contributed by atoms with E-state index in [2.05, 4.69) is 26.4 Å². The maximum absolute atomic E-state index is 6.13. The minimum absolute atomic E-state index is 0.0183. The van der Waals surface area contributed by atoms with Crippen LogP contribution in [0.3, 0.4) is 0 Å². The molecule has 0 amide bonds. The standard InChI is InChI=1S/C17H27N5O2/c1-4-5-6-7-8-12(13-9-23-17(2,3)24-13)22-11-21-14-15(18)19-10-20-16(14)22/h10-13H,4-9H2,1-3H3,(H2,18,19,20)/t12-,13+/m1/s1. The van der Waals surface area contributed by atoms with Gasteiger partial charge in [-0.25, -0.2) is 15.0 Å². The molecular weight excluding hydrogens is 306 g/mol. The molecule has 24 heavy (non-hydrogen) atoms. The predicted octanol–water partition coefficient (Wildman–Crippen LogP) is 3.07. The van der Waals surface area contributed by atoms with Crippen molar-refractivity contribution in [2.24, 2.45) is 0 Å². The van der Waals surface area contributed by atoms with Crippen molar-refractivity contribution < 1.29 is 9.47 Å². The summed E-state index contributed by atoms with van der Waals surface area (Å²) in [5.41, 5.74) is 7.33. The molecule has 0 spiro atoms. The van der Waals surface area contributed by atoms with Crippen LogP contribution in [0.25, 0.3) is 11.2 Å². The van der Waals surface area contributed by atoms with Crippen LogP contribution in [0.1, 0.15) is 58.9 Å². The highest BCUT2D eigenvalue weighted by atomic mass is 16.7. The Morgan fingerprint density at radius 2 is 2.12 bits per heavy atom. The van der Waals surface area contributed by atoms with Crippen molar-refractivity contribution in [2.75, 3.05) is 12.3 Å². The molecule has 2 aromatic rings. The summed E-state index contributed by atoms with van der Waals surface area (Å²) in [6.07, 6.45) is 9.09. The van der Waals surface area contributed by atoms with Gasteiger partial charge in [0.1, 0.15) is 17.9 Å². The van der Waals surface area contributed by atoms with Gasteiger partial charge in [-0.2, -0.15) is 0 Å². The van der Waals surface area contributed by atoms with Crippen molar-refractivity contribution in [1.82, 2.24) is 19.5 Å². The van der Waals surface area contributed by atoms with E-state index in [0.717, 1.165) is 18.5 Å². The van der Waals surface area contributed by atoms with E-state index < -0.39 is 5.79 Å². The Hall–Kier alpha value is -1.73. The number of ether oxygens (including phenoxy) is 2. The van der Waals surface area contributed by atoms with Crippen molar-refractivity contribution in [3.63, 3.8) is 0 Å². The Morgan fingerprint density at radius 1 is 1.29 bits per heavy atom. The summed E-state index contributed by atoms with van der Waals surface area (Å²) in [7, 11) is 0. The number of rotatable bonds is 7. The average molecular weight is 333 g/mol. The lowest BCUT2D eigenvalue weighted by Gasteiger charge is -2.25. The fraction of sp³-hybridized carbons (Fsp3) is 0.706. The fourth-order valence-corrected chi connectivity index (χ4v) is 3.30. The van der Waals surface area contributed by atoms with E-state index in [1.807, 2.05) is 13.8 Å². The van der Waals surface area contributed by atoms with E-state index in [0.29, 0.717) is 17.9 Å². The summed E-state index contributed by atoms with van der Waals surface area (Å²) in [6.45, 7) is 6.70. The normalized spacial score (nSPS) is 21.4. The summed E-state index contributed by atoms with van der Waals surface area (Å²) in [5.74, 6) is -0.135. The molecule has 0 bridgehead atoms. The number of nitrogen functional groups attached to an aromatic ring is 1. The highest BCUT2D eigenvalue weighted by molar-refractivity contribution is 5.81. The van der Waals surface area contributed by atoms with Gasteiger partial charge in [-0.1, -0.05) is 32.6 Å². The second kappa shape index (κ2) is 7.03. The summed E-state index contributed by atoms with van der Waals surface area (Å²) >= 11 is 0. The zero-order valence-electron chi connectivity index (χ0n) is 14.7. The molecule has 1 saturated heterocycles. The van der Waals surface area contributed by atoms with Crippen LogP contribution in [0.2, 0.25) is 0 Å². The zero-order chi connectivity index (χ0) is 17.2. The van der Waals surface area contributed by atoms with Gasteiger partial charge in [0.15, 0.2) is 17.3 Å². The highest BCUT2D eigenvalue weighted by Gasteiger charge is 2.38. The number of aromatic nitrogens is 4. The van der Waals surface area contributed by atoms with Gasteiger partial charge in [-0.3, -0.25) is 0 Å². The number of hydrogen-bond donors (Lipinski definition) is 1. The van der Waals surface area contributed by atoms with Crippen LogP contribution in [0, 0.1) is 0 Å². The summed E-state index contributed by atoms with van der Waals surface area (Å²) in [6, 6.07) is 0.128. The zero-order valence-corrected chi connectivity index (χ0v) is 14.7. The third-order valence-corrected chi connectivity index (χ3v) is 4.56. The van der Waals surface area contributed by atoms with Crippen molar-refractivity contribution in [1.29, 1.82) is 0 Å². The molecule has 2 N–H and O–H groups in total. The minimum Gasteiger partial charge on any atom is -0.382 e. The number of hydrogen-bond acceptors (Lipinski definition) is 6. The Labute approximate surface area is 142 Å². The van der Waals surface area contributed by atoms with Crippen LogP contribution < -0.4 is 5.73 Å². The van der Waals surface area contributed by atoms with E-state index in [9.17, 15) is 0 Å². The number of unbranched alkanes of at least 4 members (excludes halogenated alkanes) is 3. The molecule has 0 aromatic carbocycles. The van der Waals surface area contributed by atoms with Gasteiger partial charge in [-0.15, -0.1) is 0 Å². The van der Waals surface area contributed by atoms with Gasteiger partial charge in [0.25, 0.3) is 0 Å². The molecule has 0 unspecified atom stereocenters. The molecule has 1 fully saturated rings. The molecule has 0 radical (unpaired) electrons. The molecule has 132 valence electrons. The van der Waals surface area contributed by atoms with Gasteiger partial charge in [0, 0.05) is 0 Å². The van der Waals surface area contributed by atoms with Crippen LogP contribution in [0.4, 0.5) is 5.82 Å². The molecule has 7 heteroatoms. The lowest BCUT2D eigenvalue weighted by atomic mass is 10.0. The van der Waals surface area contributed by atoms with Crippen molar-refractivity contribution >= 4 is 17.0 Å². The lowest BCUT2D eigenvalue weighted by molar-refractivity contribution is -0.143. The van der Waals surface area contributed by atoms with Crippen LogP contribution >= 0.6 is 0 Å². The fourth-order valence-electron chi connectivity index (χ4n) is 3.30. The Kier molecular flexibility index (Phi) is 5.01. The molecule has 0 saturated carbocycles. The summed E-state index contributed by atoms with van der Waals surface area (Å²) in [5, 5.41) is 0. The predicted molar refractivity (Wildman–Crippen MR) is 92.4 cm³/mol. The van der Waals surface area contributed by atoms with Crippen molar-refractivity contribution in [3.8, 4) is 0 Å². The monoisotopic (exact) mass is 333 g/mol. The first kappa shape index (κ1) is 17.1. The van der Waals surface area contributed by atoms with E-state index >= 15 is 0 Å². The Bertz CT molecular complexity index is 685. The maximum Gasteiger partial charge on any atom is 0.165 e. The smallest absolute Gasteiger partial charge is 0.165 e. The van der Waals surface area contributed by atoms with E-state index in [1.165, 1.54) is 25.6 Å². The molecule has 7 nitrogen and oxygen atoms in total. The first-order chi connectivity index (χ1) is 11.5. The summed E-state index contributed by atoms with van der Waals surface area (Å²) in [4.78, 5) is 12.8. The quantitative estimate of drug-likeness (QED) is 0.783. The van der Waals surface area contributed by atoms with Crippen molar-refractivity contribution in [3.05, 3.63) is 12.7 Å². The molecule has 2 atom stereocenters. The maximum atomic E-state index is 6.13. The number of nitrogens with two attached hydrogens (primary N) is 1. The molecular formula is C17H27N5O2. The van der Waals surface area contributed by atoms with Crippen LogP contribution in [-0.4, -0.2) is 38.0 Å². The molecule has 1 aliphatic heterocycles. The number of nitrogens with zero attached hydrogens (tertiary/aromatic N) is 4. The molecule has 3 heterocycles. The van der Waals surface area contributed by atoms with E-state index in [-0.39, 0.29) is 12.1 Å². The second-order valence-corrected chi connectivity index (χ2v) is 6.87. The summed E-state index contributed by atoms with van der Waals surface area (Å²) < 4.78 is 14.0. The topological polar surface area (TPSA) is 88.1 Å². The van der Waals surface area contributed by atoms with Crippen LogP contribution in [-0.2, 0) is 9.47 Å². The lowest BCUT2D eigenvalue weighted by Crippen LogP contribution is -2.29. The van der Waals surface area contributed by atoms with Gasteiger partial charge < -0.3 is 19.8 Å². The second-order valence-electron chi connectivity index (χ2n) is 6.87. The molecule has 1 aliphatic rings. The number of anilines is 1. The first-order valence-corrected chi connectivity index (χ1v) is 8.76. The Balaban J connectivity index is 1.86. The number of fused-ring (bicyclic) bond motifs is 1. The van der Waals surface area contributed by atoms with Gasteiger partial charge in [0.05, 0.1) is 19.0 Å². The van der Waals surface area contributed by atoms with Crippen LogP contribution in [0.5, 0.6) is 0 Å². The van der Waals surface area contributed by atoms with Crippen LogP contribution in [0.15, 0.2) is 12.7 Å².